The summed E-state index contributed by atoms with van der Waals surface area (Å²) in [5.41, 5.74) is 3.62. The molecule has 1 heterocycles. The van der Waals surface area contributed by atoms with Crippen LogP contribution in [0.25, 0.3) is 11.0 Å². The number of ketones is 1. The van der Waals surface area contributed by atoms with Gasteiger partial charge in [-0.15, -0.1) is 0 Å². The minimum atomic E-state index is -0.403. The van der Waals surface area contributed by atoms with Crippen LogP contribution in [-0.2, 0) is 6.42 Å². The molecule has 0 fully saturated rings. The third-order valence-electron chi connectivity index (χ3n) is 5.40. The Morgan fingerprint density at radius 1 is 0.935 bits per heavy atom. The summed E-state index contributed by atoms with van der Waals surface area (Å²) in [6, 6.07) is 18.7. The van der Waals surface area contributed by atoms with Gasteiger partial charge in [0.15, 0.2) is 12.4 Å². The number of fused-ring (bicyclic) bond motifs is 1. The fourth-order valence-electron chi connectivity index (χ4n) is 3.59. The number of ether oxygens (including phenoxy) is 1. The highest BCUT2D eigenvalue weighted by Crippen LogP contribution is 2.30. The van der Waals surface area contributed by atoms with Crippen molar-refractivity contribution in [1.82, 2.24) is 0 Å². The van der Waals surface area contributed by atoms with E-state index in [2.05, 4.69) is 0 Å². The van der Waals surface area contributed by atoms with Crippen LogP contribution in [0.5, 0.6) is 5.75 Å². The van der Waals surface area contributed by atoms with Crippen molar-refractivity contribution in [3.8, 4) is 5.75 Å². The van der Waals surface area contributed by atoms with Crippen LogP contribution in [0.3, 0.4) is 0 Å². The molecule has 0 N–H and O–H groups in total. The highest BCUT2D eigenvalue weighted by molar-refractivity contribution is 5.97. The zero-order valence-electron chi connectivity index (χ0n) is 17.3. The molecule has 0 aliphatic rings. The predicted molar refractivity (Wildman–Crippen MR) is 117 cm³/mol. The molecule has 0 saturated heterocycles. The van der Waals surface area contributed by atoms with Crippen LogP contribution in [-0.4, -0.2) is 12.4 Å². The molecule has 0 aliphatic carbocycles. The van der Waals surface area contributed by atoms with Gasteiger partial charge in [0.05, 0.1) is 0 Å². The molecule has 0 spiro atoms. The van der Waals surface area contributed by atoms with E-state index in [-0.39, 0.29) is 18.0 Å². The van der Waals surface area contributed by atoms with E-state index >= 15 is 0 Å². The molecule has 0 unspecified atom stereocenters. The lowest BCUT2D eigenvalue weighted by Crippen LogP contribution is -2.13. The summed E-state index contributed by atoms with van der Waals surface area (Å²) >= 11 is 0. The number of aryl methyl sites for hydroxylation is 2. The molecule has 0 atom stereocenters. The SMILES string of the molecule is Cc1c(Cc2ccccc2)c(=O)oc2c(C)c(OCC(=O)c3ccc(F)cc3)ccc12. The largest absolute Gasteiger partial charge is 0.485 e. The van der Waals surface area contributed by atoms with Gasteiger partial charge in [-0.25, -0.2) is 9.18 Å². The van der Waals surface area contributed by atoms with Crippen LogP contribution in [0, 0.1) is 19.7 Å². The lowest BCUT2D eigenvalue weighted by Gasteiger charge is -2.13. The maximum Gasteiger partial charge on any atom is 0.340 e. The highest BCUT2D eigenvalue weighted by Gasteiger charge is 2.16. The molecule has 4 aromatic rings. The quantitative estimate of drug-likeness (QED) is 0.312. The second-order valence-electron chi connectivity index (χ2n) is 7.44. The first-order chi connectivity index (χ1) is 14.9. The van der Waals surface area contributed by atoms with Gasteiger partial charge in [0.2, 0.25) is 0 Å². The summed E-state index contributed by atoms with van der Waals surface area (Å²) in [4.78, 5) is 25.0. The first kappa shape index (κ1) is 20.5. The summed E-state index contributed by atoms with van der Waals surface area (Å²) in [6.45, 7) is 3.50. The van der Waals surface area contributed by atoms with Crippen molar-refractivity contribution < 1.29 is 18.3 Å². The van der Waals surface area contributed by atoms with Crippen molar-refractivity contribution in [2.24, 2.45) is 0 Å². The minimum absolute atomic E-state index is 0.201. The highest BCUT2D eigenvalue weighted by atomic mass is 19.1. The molecule has 1 aromatic heterocycles. The topological polar surface area (TPSA) is 56.5 Å². The fourth-order valence-corrected chi connectivity index (χ4v) is 3.59. The number of halogens is 1. The molecule has 0 bridgehead atoms. The van der Waals surface area contributed by atoms with E-state index in [0.29, 0.717) is 34.4 Å². The molecular formula is C26H21FO4. The zero-order chi connectivity index (χ0) is 22.0. The lowest BCUT2D eigenvalue weighted by atomic mass is 9.98. The maximum atomic E-state index is 13.0. The Labute approximate surface area is 178 Å². The van der Waals surface area contributed by atoms with Gasteiger partial charge in [-0.2, -0.15) is 0 Å². The Morgan fingerprint density at radius 2 is 1.65 bits per heavy atom. The summed E-state index contributed by atoms with van der Waals surface area (Å²) in [7, 11) is 0. The standard InChI is InChI=1S/C26H21FO4/c1-16-21-12-13-24(30-15-23(28)19-8-10-20(27)11-9-19)17(2)25(21)31-26(29)22(16)14-18-6-4-3-5-7-18/h3-13H,14-15H2,1-2H3. The predicted octanol–water partition coefficient (Wildman–Crippen LogP) is 5.40. The summed E-state index contributed by atoms with van der Waals surface area (Å²) in [6.07, 6.45) is 0.494. The number of carbonyl (C=O) groups is 1. The molecule has 3 aromatic carbocycles. The summed E-state index contributed by atoms with van der Waals surface area (Å²) in [5, 5.41) is 0.834. The maximum absolute atomic E-state index is 13.0. The lowest BCUT2D eigenvalue weighted by molar-refractivity contribution is 0.0921. The molecule has 156 valence electrons. The van der Waals surface area contributed by atoms with Gasteiger partial charge in [0, 0.05) is 28.5 Å². The number of hydrogen-bond donors (Lipinski definition) is 0. The molecular weight excluding hydrogens is 395 g/mol. The normalized spacial score (nSPS) is 10.9. The smallest absolute Gasteiger partial charge is 0.340 e. The van der Waals surface area contributed by atoms with Crippen molar-refractivity contribution in [1.29, 1.82) is 0 Å². The average Bonchev–Trinajstić information content (AvgIpc) is 2.77. The minimum Gasteiger partial charge on any atom is -0.485 e. The van der Waals surface area contributed by atoms with Gasteiger partial charge in [-0.05, 0) is 61.4 Å². The molecule has 4 nitrogen and oxygen atoms in total. The monoisotopic (exact) mass is 416 g/mol. The fraction of sp³-hybridized carbons (Fsp3) is 0.154. The molecule has 4 rings (SSSR count). The number of carbonyl (C=O) groups excluding carboxylic acids is 1. The first-order valence-electron chi connectivity index (χ1n) is 9.95. The van der Waals surface area contributed by atoms with Crippen LogP contribution in [0.4, 0.5) is 4.39 Å². The number of Topliss-reactive ketones (excluding diaryl/α,β-unsaturated/α-hetero) is 1. The van der Waals surface area contributed by atoms with E-state index in [1.54, 1.807) is 13.0 Å². The molecule has 0 amide bonds. The second kappa shape index (κ2) is 8.56. The average molecular weight is 416 g/mol. The summed E-state index contributed by atoms with van der Waals surface area (Å²) in [5.74, 6) is -0.212. The van der Waals surface area contributed by atoms with E-state index in [1.165, 1.54) is 24.3 Å². The number of rotatable bonds is 6. The zero-order valence-corrected chi connectivity index (χ0v) is 17.3. The van der Waals surface area contributed by atoms with Crippen molar-refractivity contribution in [2.45, 2.75) is 20.3 Å². The molecule has 0 aliphatic heterocycles. The Balaban J connectivity index is 1.61. The van der Waals surface area contributed by atoms with E-state index in [9.17, 15) is 14.0 Å². The van der Waals surface area contributed by atoms with Gasteiger partial charge in [-0.1, -0.05) is 30.3 Å². The van der Waals surface area contributed by atoms with Crippen molar-refractivity contribution in [2.75, 3.05) is 6.61 Å². The first-order valence-corrected chi connectivity index (χ1v) is 9.95. The number of benzene rings is 3. The van der Waals surface area contributed by atoms with Crippen LogP contribution in [0.2, 0.25) is 0 Å². The van der Waals surface area contributed by atoms with E-state index in [4.69, 9.17) is 9.15 Å². The molecule has 5 heteroatoms. The van der Waals surface area contributed by atoms with E-state index in [0.717, 1.165) is 16.5 Å². The van der Waals surface area contributed by atoms with Crippen molar-refractivity contribution in [3.63, 3.8) is 0 Å². The van der Waals surface area contributed by atoms with Gasteiger partial charge in [0.25, 0.3) is 0 Å². The Morgan fingerprint density at radius 3 is 2.35 bits per heavy atom. The van der Waals surface area contributed by atoms with Crippen LogP contribution < -0.4 is 10.4 Å². The molecule has 0 radical (unpaired) electrons. The van der Waals surface area contributed by atoms with Gasteiger partial charge in [-0.3, -0.25) is 4.79 Å². The van der Waals surface area contributed by atoms with E-state index in [1.807, 2.05) is 43.3 Å². The molecule has 0 saturated carbocycles. The Bertz CT molecular complexity index is 1310. The van der Waals surface area contributed by atoms with Crippen LogP contribution in [0.15, 0.2) is 75.9 Å². The van der Waals surface area contributed by atoms with Gasteiger partial charge < -0.3 is 9.15 Å². The van der Waals surface area contributed by atoms with Gasteiger partial charge in [0.1, 0.15) is 17.1 Å². The van der Waals surface area contributed by atoms with E-state index < -0.39 is 5.82 Å². The molecule has 31 heavy (non-hydrogen) atoms. The third kappa shape index (κ3) is 4.26. The van der Waals surface area contributed by atoms with Gasteiger partial charge >= 0.3 is 5.63 Å². The van der Waals surface area contributed by atoms with Crippen LogP contribution >= 0.6 is 0 Å². The Hall–Kier alpha value is -3.73. The van der Waals surface area contributed by atoms with Crippen molar-refractivity contribution >= 4 is 16.8 Å². The summed E-state index contributed by atoms with van der Waals surface area (Å²) < 4.78 is 24.4. The Kier molecular flexibility index (Phi) is 5.67. The van der Waals surface area contributed by atoms with Crippen LogP contribution in [0.1, 0.15) is 32.6 Å². The second-order valence-corrected chi connectivity index (χ2v) is 7.44. The van der Waals surface area contributed by atoms with Crippen molar-refractivity contribution in [3.05, 3.63) is 111 Å². The third-order valence-corrected chi connectivity index (χ3v) is 5.40. The number of hydrogen-bond acceptors (Lipinski definition) is 4.